The number of carbonyl (C=O) groups excluding carboxylic acids is 2. The fourth-order valence-electron chi connectivity index (χ4n) is 1.44. The average Bonchev–Trinajstić information content (AvgIpc) is 2.24. The molecule has 0 unspecified atom stereocenters. The molecule has 0 spiro atoms. The number of hydrogen-bond donors (Lipinski definition) is 0. The minimum atomic E-state index is -0.341. The quantitative estimate of drug-likeness (QED) is 0.600. The van der Waals surface area contributed by atoms with Crippen LogP contribution in [0.15, 0.2) is 12.1 Å². The Kier molecular flexibility index (Phi) is 4.50. The van der Waals surface area contributed by atoms with Gasteiger partial charge >= 0.3 is 5.97 Å². The summed E-state index contributed by atoms with van der Waals surface area (Å²) in [7, 11) is 0. The van der Waals surface area contributed by atoms with Crippen LogP contribution in [0.1, 0.15) is 28.4 Å². The van der Waals surface area contributed by atoms with Gasteiger partial charge in [0.15, 0.2) is 0 Å². The number of ether oxygens (including phenoxy) is 1. The largest absolute Gasteiger partial charge is 0.466 e. The molecule has 1 aromatic rings. The first-order chi connectivity index (χ1) is 7.58. The van der Waals surface area contributed by atoms with Crippen LogP contribution in [0.4, 0.5) is 0 Å². The molecule has 0 aliphatic heterocycles. The molecule has 0 radical (unpaired) electrons. The zero-order valence-corrected chi connectivity index (χ0v) is 10.0. The molecular formula is C12H13ClO3. The third-order valence-corrected chi connectivity index (χ3v) is 2.67. The lowest BCUT2D eigenvalue weighted by molar-refractivity contribution is -0.142. The van der Waals surface area contributed by atoms with Gasteiger partial charge in [-0.2, -0.15) is 0 Å². The first kappa shape index (κ1) is 12.7. The molecule has 0 N–H and O–H groups in total. The molecule has 1 aromatic carbocycles. The zero-order valence-electron chi connectivity index (χ0n) is 9.25. The van der Waals surface area contributed by atoms with Gasteiger partial charge in [0, 0.05) is 10.6 Å². The fraction of sp³-hybridized carbons (Fsp3) is 0.333. The summed E-state index contributed by atoms with van der Waals surface area (Å²) in [5, 5.41) is 0.513. The number of benzene rings is 1. The molecule has 0 aliphatic carbocycles. The molecule has 1 rings (SSSR count). The molecule has 0 amide bonds. The molecule has 0 saturated heterocycles. The highest BCUT2D eigenvalue weighted by Crippen LogP contribution is 2.22. The predicted molar refractivity (Wildman–Crippen MR) is 61.9 cm³/mol. The number of carbonyl (C=O) groups is 2. The van der Waals surface area contributed by atoms with Gasteiger partial charge in [0.2, 0.25) is 0 Å². The van der Waals surface area contributed by atoms with Crippen molar-refractivity contribution in [1.29, 1.82) is 0 Å². The van der Waals surface area contributed by atoms with E-state index in [1.54, 1.807) is 26.0 Å². The van der Waals surface area contributed by atoms with Crippen LogP contribution in [0.5, 0.6) is 0 Å². The maximum atomic E-state index is 11.3. The molecule has 0 saturated carbocycles. The van der Waals surface area contributed by atoms with Gasteiger partial charge in [-0.15, -0.1) is 0 Å². The molecule has 0 atom stereocenters. The minimum Gasteiger partial charge on any atom is -0.466 e. The highest BCUT2D eigenvalue weighted by molar-refractivity contribution is 6.32. The predicted octanol–water partition coefficient (Wildman–Crippen LogP) is 2.57. The van der Waals surface area contributed by atoms with Crippen LogP contribution in [-0.4, -0.2) is 18.9 Å². The van der Waals surface area contributed by atoms with Crippen LogP contribution >= 0.6 is 11.6 Å². The lowest BCUT2D eigenvalue weighted by Gasteiger charge is -2.07. The monoisotopic (exact) mass is 240 g/mol. The Morgan fingerprint density at radius 1 is 1.50 bits per heavy atom. The molecule has 0 heterocycles. The van der Waals surface area contributed by atoms with Gasteiger partial charge in [-0.05, 0) is 37.1 Å². The molecule has 0 aromatic heterocycles. The summed E-state index contributed by atoms with van der Waals surface area (Å²) in [5.41, 5.74) is 1.92. The smallest absolute Gasteiger partial charge is 0.310 e. The summed E-state index contributed by atoms with van der Waals surface area (Å²) in [4.78, 5) is 22.0. The van der Waals surface area contributed by atoms with Gasteiger partial charge in [0.1, 0.15) is 6.29 Å². The van der Waals surface area contributed by atoms with Crippen LogP contribution in [0.2, 0.25) is 5.02 Å². The van der Waals surface area contributed by atoms with Gasteiger partial charge in [-0.25, -0.2) is 0 Å². The van der Waals surface area contributed by atoms with Crippen molar-refractivity contribution < 1.29 is 14.3 Å². The Bertz CT molecular complexity index is 413. The lowest BCUT2D eigenvalue weighted by atomic mass is 10.0. The second kappa shape index (κ2) is 5.66. The van der Waals surface area contributed by atoms with E-state index in [-0.39, 0.29) is 12.4 Å². The fourth-order valence-corrected chi connectivity index (χ4v) is 1.61. The van der Waals surface area contributed by atoms with Crippen molar-refractivity contribution in [2.75, 3.05) is 6.61 Å². The Labute approximate surface area is 99.4 Å². The molecule has 4 heteroatoms. The van der Waals surface area contributed by atoms with Crippen molar-refractivity contribution in [3.63, 3.8) is 0 Å². The van der Waals surface area contributed by atoms with E-state index in [1.807, 2.05) is 0 Å². The number of halogens is 1. The third kappa shape index (κ3) is 3.07. The molecule has 3 nitrogen and oxygen atoms in total. The van der Waals surface area contributed by atoms with Gasteiger partial charge in [-0.1, -0.05) is 11.6 Å². The maximum Gasteiger partial charge on any atom is 0.310 e. The van der Waals surface area contributed by atoms with E-state index in [2.05, 4.69) is 0 Å². The van der Waals surface area contributed by atoms with E-state index in [9.17, 15) is 9.59 Å². The van der Waals surface area contributed by atoms with Gasteiger partial charge < -0.3 is 4.74 Å². The Morgan fingerprint density at radius 3 is 2.75 bits per heavy atom. The zero-order chi connectivity index (χ0) is 12.1. The van der Waals surface area contributed by atoms with Crippen LogP contribution in [0.25, 0.3) is 0 Å². The summed E-state index contributed by atoms with van der Waals surface area (Å²) in [6, 6.07) is 3.29. The Morgan fingerprint density at radius 2 is 2.19 bits per heavy atom. The minimum absolute atomic E-state index is 0.0925. The van der Waals surface area contributed by atoms with Crippen LogP contribution < -0.4 is 0 Å². The van der Waals surface area contributed by atoms with Crippen molar-refractivity contribution in [1.82, 2.24) is 0 Å². The summed E-state index contributed by atoms with van der Waals surface area (Å²) in [6.45, 7) is 3.87. The molecule has 0 fully saturated rings. The second-order valence-electron chi connectivity index (χ2n) is 3.41. The van der Waals surface area contributed by atoms with E-state index in [0.717, 1.165) is 11.8 Å². The van der Waals surface area contributed by atoms with Crippen LogP contribution in [0, 0.1) is 6.92 Å². The van der Waals surface area contributed by atoms with Crippen molar-refractivity contribution in [3.05, 3.63) is 33.8 Å². The van der Waals surface area contributed by atoms with E-state index in [0.29, 0.717) is 22.8 Å². The number of aryl methyl sites for hydroxylation is 1. The number of rotatable bonds is 4. The molecular weight excluding hydrogens is 228 g/mol. The second-order valence-corrected chi connectivity index (χ2v) is 3.79. The standard InChI is InChI=1S/C12H13ClO3/c1-3-16-11(15)6-10-5-9(7-14)4-8(2)12(10)13/h4-5,7H,3,6H2,1-2H3. The number of hydrogen-bond acceptors (Lipinski definition) is 3. The van der Waals surface area contributed by atoms with Crippen molar-refractivity contribution in [3.8, 4) is 0 Å². The van der Waals surface area contributed by atoms with Crippen LogP contribution in [-0.2, 0) is 16.0 Å². The highest BCUT2D eigenvalue weighted by Gasteiger charge is 2.11. The highest BCUT2D eigenvalue weighted by atomic mass is 35.5. The normalized spacial score (nSPS) is 9.94. The van der Waals surface area contributed by atoms with E-state index in [4.69, 9.17) is 16.3 Å². The van der Waals surface area contributed by atoms with E-state index in [1.165, 1.54) is 0 Å². The van der Waals surface area contributed by atoms with E-state index < -0.39 is 0 Å². The van der Waals surface area contributed by atoms with E-state index >= 15 is 0 Å². The first-order valence-electron chi connectivity index (χ1n) is 4.98. The summed E-state index contributed by atoms with van der Waals surface area (Å²) in [5.74, 6) is -0.341. The summed E-state index contributed by atoms with van der Waals surface area (Å²) in [6.07, 6.45) is 0.827. The summed E-state index contributed by atoms with van der Waals surface area (Å²) < 4.78 is 4.83. The van der Waals surface area contributed by atoms with Crippen molar-refractivity contribution in [2.24, 2.45) is 0 Å². The van der Waals surface area contributed by atoms with Gasteiger partial charge in [0.05, 0.1) is 13.0 Å². The average molecular weight is 241 g/mol. The third-order valence-electron chi connectivity index (χ3n) is 2.13. The van der Waals surface area contributed by atoms with Crippen molar-refractivity contribution >= 4 is 23.9 Å². The summed E-state index contributed by atoms with van der Waals surface area (Å²) >= 11 is 6.04. The molecule has 86 valence electrons. The SMILES string of the molecule is CCOC(=O)Cc1cc(C=O)cc(C)c1Cl. The van der Waals surface area contributed by atoms with Crippen LogP contribution in [0.3, 0.4) is 0 Å². The molecule has 0 aliphatic rings. The first-order valence-corrected chi connectivity index (χ1v) is 5.36. The topological polar surface area (TPSA) is 43.4 Å². The number of esters is 1. The van der Waals surface area contributed by atoms with Gasteiger partial charge in [0.25, 0.3) is 0 Å². The number of aldehydes is 1. The Hall–Kier alpha value is -1.35. The van der Waals surface area contributed by atoms with Crippen molar-refractivity contribution in [2.45, 2.75) is 20.3 Å². The molecule has 0 bridgehead atoms. The lowest BCUT2D eigenvalue weighted by Crippen LogP contribution is -2.08. The Balaban J connectivity index is 2.98. The molecule has 16 heavy (non-hydrogen) atoms. The van der Waals surface area contributed by atoms with Gasteiger partial charge in [-0.3, -0.25) is 9.59 Å². The maximum absolute atomic E-state index is 11.3.